The van der Waals surface area contributed by atoms with Crippen LogP contribution in [0.4, 0.5) is 0 Å². The first-order valence-corrected chi connectivity index (χ1v) is 11.5. The van der Waals surface area contributed by atoms with Gasteiger partial charge in [0, 0.05) is 34.8 Å². The zero-order chi connectivity index (χ0) is 23.2. The fraction of sp³-hybridized carbons (Fsp3) is 0.357. The average molecular weight is 445 g/mol. The minimum atomic E-state index is -0.320. The van der Waals surface area contributed by atoms with Crippen LogP contribution in [0.2, 0.25) is 0 Å². The van der Waals surface area contributed by atoms with Crippen LogP contribution in [0.5, 0.6) is 5.75 Å². The van der Waals surface area contributed by atoms with E-state index in [9.17, 15) is 14.7 Å². The summed E-state index contributed by atoms with van der Waals surface area (Å²) < 4.78 is 11.2. The Morgan fingerprint density at radius 1 is 1.24 bits per heavy atom. The first-order chi connectivity index (χ1) is 15.9. The van der Waals surface area contributed by atoms with Crippen LogP contribution in [0.1, 0.15) is 59.2 Å². The number of benzene rings is 2. The van der Waals surface area contributed by atoms with E-state index in [4.69, 9.17) is 9.47 Å². The van der Waals surface area contributed by atoms with Crippen molar-refractivity contribution in [1.82, 2.24) is 0 Å². The Kier molecular flexibility index (Phi) is 5.45. The molecular weight excluding hydrogens is 416 g/mol. The lowest BCUT2D eigenvalue weighted by atomic mass is 9.56. The van der Waals surface area contributed by atoms with Gasteiger partial charge >= 0.3 is 5.97 Å². The first kappa shape index (κ1) is 21.7. The Bertz CT molecular complexity index is 1160. The van der Waals surface area contributed by atoms with Gasteiger partial charge in [-0.3, -0.25) is 4.79 Å². The Hall–Kier alpha value is -3.18. The number of hydrogen-bond acceptors (Lipinski definition) is 5. The van der Waals surface area contributed by atoms with Crippen molar-refractivity contribution in [3.05, 3.63) is 88.5 Å². The number of esters is 1. The molecule has 5 heteroatoms. The van der Waals surface area contributed by atoms with E-state index >= 15 is 0 Å². The molecule has 0 saturated heterocycles. The molecule has 1 heterocycles. The fourth-order valence-corrected chi connectivity index (χ4v) is 5.75. The average Bonchev–Trinajstić information content (AvgIpc) is 3.20. The Morgan fingerprint density at radius 2 is 2.03 bits per heavy atom. The first-order valence-electron chi connectivity index (χ1n) is 11.5. The van der Waals surface area contributed by atoms with Gasteiger partial charge in [0.05, 0.1) is 18.8 Å². The number of Topliss-reactive ketones (excluding diaryl/α,β-unsaturated/α-hetero) is 1. The highest BCUT2D eigenvalue weighted by molar-refractivity contribution is 6.03. The van der Waals surface area contributed by atoms with Crippen LogP contribution in [0.15, 0.2) is 66.3 Å². The van der Waals surface area contributed by atoms with Crippen LogP contribution in [0.25, 0.3) is 0 Å². The molecule has 3 aliphatic rings. The summed E-state index contributed by atoms with van der Waals surface area (Å²) in [6.07, 6.45) is 3.42. The van der Waals surface area contributed by atoms with Gasteiger partial charge in [-0.25, -0.2) is 4.79 Å². The van der Waals surface area contributed by atoms with Gasteiger partial charge in [0.25, 0.3) is 0 Å². The SMILES string of the molecule is C=CC(COCc1ccccc1)c1ccc2c(c1O)C(=O)C[C@H]1C3=C(CC[C@]21C)C(=O)OC3. The van der Waals surface area contributed by atoms with Crippen molar-refractivity contribution in [2.45, 2.75) is 44.1 Å². The number of hydrogen-bond donors (Lipinski definition) is 1. The summed E-state index contributed by atoms with van der Waals surface area (Å²) >= 11 is 0. The number of carbonyl (C=O) groups excluding carboxylic acids is 2. The lowest BCUT2D eigenvalue weighted by molar-refractivity contribution is -0.136. The van der Waals surface area contributed by atoms with Gasteiger partial charge in [-0.15, -0.1) is 6.58 Å². The normalized spacial score (nSPS) is 24.6. The van der Waals surface area contributed by atoms with Gasteiger partial charge in [0.1, 0.15) is 12.4 Å². The second-order valence-corrected chi connectivity index (χ2v) is 9.45. The van der Waals surface area contributed by atoms with Crippen LogP contribution in [-0.4, -0.2) is 30.1 Å². The summed E-state index contributed by atoms with van der Waals surface area (Å²) in [5.41, 5.74) is 4.40. The highest BCUT2D eigenvalue weighted by Crippen LogP contribution is 2.55. The summed E-state index contributed by atoms with van der Waals surface area (Å²) in [4.78, 5) is 25.3. The standard InChI is InChI=1S/C28H28O5/c1-3-18(15-32-14-17-7-5-4-6-8-17)19-9-10-22-25(26(19)30)24(29)13-23-21-16-33-27(31)20(21)11-12-28(22,23)2/h3-10,18,23,30H,1,11-16H2,2H3/t18?,23-,28+/m0/s1. The summed E-state index contributed by atoms with van der Waals surface area (Å²) in [6, 6.07) is 13.8. The van der Waals surface area contributed by atoms with Crippen molar-refractivity contribution in [3.63, 3.8) is 0 Å². The van der Waals surface area contributed by atoms with Gasteiger partial charge in [0.2, 0.25) is 0 Å². The molecule has 2 aromatic carbocycles. The highest BCUT2D eigenvalue weighted by atomic mass is 16.5. The smallest absolute Gasteiger partial charge is 0.334 e. The molecule has 0 bridgehead atoms. The van der Waals surface area contributed by atoms with E-state index in [1.54, 1.807) is 6.08 Å². The maximum Gasteiger partial charge on any atom is 0.334 e. The molecule has 0 radical (unpaired) electrons. The van der Waals surface area contributed by atoms with Crippen molar-refractivity contribution in [2.24, 2.45) is 5.92 Å². The summed E-state index contributed by atoms with van der Waals surface area (Å²) in [5, 5.41) is 11.2. The van der Waals surface area contributed by atoms with Crippen LogP contribution < -0.4 is 0 Å². The molecule has 0 fully saturated rings. The van der Waals surface area contributed by atoms with Gasteiger partial charge in [-0.2, -0.15) is 0 Å². The number of cyclic esters (lactones) is 1. The number of phenols is 1. The summed E-state index contributed by atoms with van der Waals surface area (Å²) in [7, 11) is 0. The number of ketones is 1. The zero-order valence-corrected chi connectivity index (χ0v) is 18.8. The van der Waals surface area contributed by atoms with E-state index in [2.05, 4.69) is 13.5 Å². The predicted molar refractivity (Wildman–Crippen MR) is 124 cm³/mol. The number of phenolic OH excluding ortho intramolecular Hbond substituents is 1. The molecule has 1 unspecified atom stereocenters. The largest absolute Gasteiger partial charge is 0.507 e. The third-order valence-corrected chi connectivity index (χ3v) is 7.66. The lowest BCUT2D eigenvalue weighted by Crippen LogP contribution is -2.43. The highest BCUT2D eigenvalue weighted by Gasteiger charge is 2.51. The van der Waals surface area contributed by atoms with Gasteiger partial charge < -0.3 is 14.6 Å². The molecule has 5 rings (SSSR count). The number of rotatable bonds is 6. The van der Waals surface area contributed by atoms with E-state index in [1.807, 2.05) is 42.5 Å². The monoisotopic (exact) mass is 444 g/mol. The number of ether oxygens (including phenoxy) is 2. The molecule has 0 amide bonds. The van der Waals surface area contributed by atoms with E-state index < -0.39 is 0 Å². The molecule has 0 aromatic heterocycles. The second-order valence-electron chi connectivity index (χ2n) is 9.45. The van der Waals surface area contributed by atoms with Crippen LogP contribution in [0, 0.1) is 5.92 Å². The van der Waals surface area contributed by atoms with Crippen LogP contribution in [-0.2, 0) is 26.3 Å². The minimum absolute atomic E-state index is 0.0314. The van der Waals surface area contributed by atoms with Crippen molar-refractivity contribution in [2.75, 3.05) is 13.2 Å². The van der Waals surface area contributed by atoms with E-state index in [-0.39, 0.29) is 47.8 Å². The molecule has 3 atom stereocenters. The minimum Gasteiger partial charge on any atom is -0.507 e. The van der Waals surface area contributed by atoms with Gasteiger partial charge in [0.15, 0.2) is 5.78 Å². The predicted octanol–water partition coefficient (Wildman–Crippen LogP) is 4.99. The molecule has 2 aliphatic carbocycles. The van der Waals surface area contributed by atoms with Crippen molar-refractivity contribution >= 4 is 11.8 Å². The summed E-state index contributed by atoms with van der Waals surface area (Å²) in [5.74, 6) is -0.606. The molecule has 0 spiro atoms. The molecule has 1 N–H and O–H groups in total. The number of carbonyl (C=O) groups is 2. The third-order valence-electron chi connectivity index (χ3n) is 7.66. The topological polar surface area (TPSA) is 72.8 Å². The molecular formula is C28H28O5. The Labute approximate surface area is 193 Å². The fourth-order valence-electron chi connectivity index (χ4n) is 5.75. The Balaban J connectivity index is 1.44. The molecule has 2 aromatic rings. The van der Waals surface area contributed by atoms with Crippen LogP contribution in [0.3, 0.4) is 0 Å². The summed E-state index contributed by atoms with van der Waals surface area (Å²) in [6.45, 7) is 7.17. The quantitative estimate of drug-likeness (QED) is 0.502. The van der Waals surface area contributed by atoms with Crippen molar-refractivity contribution < 1.29 is 24.2 Å². The maximum absolute atomic E-state index is 13.3. The van der Waals surface area contributed by atoms with E-state index in [0.29, 0.717) is 30.8 Å². The van der Waals surface area contributed by atoms with Crippen molar-refractivity contribution in [3.8, 4) is 5.75 Å². The molecule has 33 heavy (non-hydrogen) atoms. The molecule has 1 aliphatic heterocycles. The molecule has 170 valence electrons. The second kappa shape index (κ2) is 8.31. The maximum atomic E-state index is 13.3. The molecule has 5 nitrogen and oxygen atoms in total. The van der Waals surface area contributed by atoms with Crippen molar-refractivity contribution in [1.29, 1.82) is 0 Å². The zero-order valence-electron chi connectivity index (χ0n) is 18.8. The van der Waals surface area contributed by atoms with Gasteiger partial charge in [-0.05, 0) is 29.5 Å². The molecule has 0 saturated carbocycles. The number of aromatic hydroxyl groups is 1. The van der Waals surface area contributed by atoms with Gasteiger partial charge in [-0.1, -0.05) is 55.5 Å². The lowest BCUT2D eigenvalue weighted by Gasteiger charge is -2.46. The van der Waals surface area contributed by atoms with E-state index in [0.717, 1.165) is 28.7 Å². The van der Waals surface area contributed by atoms with Crippen LogP contribution >= 0.6 is 0 Å². The Morgan fingerprint density at radius 3 is 2.79 bits per heavy atom. The van der Waals surface area contributed by atoms with E-state index in [1.165, 1.54) is 0 Å². The number of fused-ring (bicyclic) bond motifs is 4. The third kappa shape index (κ3) is 3.51.